The zero-order chi connectivity index (χ0) is 20.9. The van der Waals surface area contributed by atoms with Crippen LogP contribution < -0.4 is 5.32 Å². The number of rotatable bonds is 8. The summed E-state index contributed by atoms with van der Waals surface area (Å²) in [5, 5.41) is 4.16. The highest BCUT2D eigenvalue weighted by molar-refractivity contribution is 7.85. The molecule has 3 rings (SSSR count). The van der Waals surface area contributed by atoms with Gasteiger partial charge in [-0.25, -0.2) is 0 Å². The fraction of sp³-hybridized carbons (Fsp3) is 0.217. The largest absolute Gasteiger partial charge is 0.298 e. The van der Waals surface area contributed by atoms with Crippen molar-refractivity contribution in [3.63, 3.8) is 0 Å². The molecule has 152 valence electrons. The molecule has 0 fully saturated rings. The normalized spacial score (nSPS) is 13.8. The Labute approximate surface area is 177 Å². The average Bonchev–Trinajstić information content (AvgIpc) is 2.70. The van der Waals surface area contributed by atoms with Crippen LogP contribution in [0.15, 0.2) is 78.9 Å². The molecule has 0 heterocycles. The van der Waals surface area contributed by atoms with E-state index in [1.807, 2.05) is 61.5 Å². The van der Waals surface area contributed by atoms with E-state index in [-0.39, 0.29) is 6.61 Å². The fourth-order valence-corrected chi connectivity index (χ4v) is 4.13. The molecule has 6 heteroatoms. The van der Waals surface area contributed by atoms with Gasteiger partial charge in [-0.2, -0.15) is 8.42 Å². The molecule has 3 aromatic carbocycles. The summed E-state index contributed by atoms with van der Waals surface area (Å²) in [6.45, 7) is 2.36. The molecule has 0 saturated carbocycles. The molecule has 0 aliphatic rings. The van der Waals surface area contributed by atoms with Crippen LogP contribution in [0.1, 0.15) is 22.3 Å². The molecule has 4 nitrogen and oxygen atoms in total. The van der Waals surface area contributed by atoms with Gasteiger partial charge in [-0.3, -0.25) is 9.50 Å². The average molecular weight is 430 g/mol. The molecule has 0 radical (unpaired) electrons. The fourth-order valence-electron chi connectivity index (χ4n) is 3.47. The Hall–Kier alpha value is -2.18. The van der Waals surface area contributed by atoms with Crippen molar-refractivity contribution in [2.75, 3.05) is 19.4 Å². The first-order valence-electron chi connectivity index (χ1n) is 9.30. The van der Waals surface area contributed by atoms with Gasteiger partial charge in [0.25, 0.3) is 10.1 Å². The van der Waals surface area contributed by atoms with E-state index >= 15 is 0 Å². The Balaban J connectivity index is 2.16. The van der Waals surface area contributed by atoms with Crippen LogP contribution >= 0.6 is 11.6 Å². The summed E-state index contributed by atoms with van der Waals surface area (Å²) in [5.41, 5.74) is 3.26. The van der Waals surface area contributed by atoms with Gasteiger partial charge in [-0.05, 0) is 29.7 Å². The van der Waals surface area contributed by atoms with Gasteiger partial charge in [0.15, 0.2) is 0 Å². The molecule has 0 aliphatic heterocycles. The van der Waals surface area contributed by atoms with E-state index in [4.69, 9.17) is 15.8 Å². The van der Waals surface area contributed by atoms with E-state index in [0.717, 1.165) is 28.5 Å². The van der Waals surface area contributed by atoms with Crippen molar-refractivity contribution < 1.29 is 12.6 Å². The summed E-state index contributed by atoms with van der Waals surface area (Å²) >= 11 is 6.66. The lowest BCUT2D eigenvalue weighted by Gasteiger charge is -2.37. The summed E-state index contributed by atoms with van der Waals surface area (Å²) in [4.78, 5) is 0. The second-order valence-corrected chi connectivity index (χ2v) is 8.97. The molecule has 3 aromatic rings. The van der Waals surface area contributed by atoms with E-state index in [2.05, 4.69) is 29.6 Å². The van der Waals surface area contributed by atoms with Gasteiger partial charge in [-0.1, -0.05) is 90.0 Å². The molecule has 29 heavy (non-hydrogen) atoms. The van der Waals surface area contributed by atoms with Gasteiger partial charge in [0.2, 0.25) is 0 Å². The predicted molar refractivity (Wildman–Crippen MR) is 118 cm³/mol. The van der Waals surface area contributed by atoms with Crippen LogP contribution in [-0.2, 0) is 19.8 Å². The smallest absolute Gasteiger partial charge is 0.264 e. The molecule has 0 spiro atoms. The Morgan fingerprint density at radius 3 is 2.10 bits per heavy atom. The van der Waals surface area contributed by atoms with E-state index in [9.17, 15) is 8.42 Å². The Morgan fingerprint density at radius 2 is 1.48 bits per heavy atom. The minimum atomic E-state index is -3.52. The second kappa shape index (κ2) is 9.09. The van der Waals surface area contributed by atoms with Gasteiger partial charge in [0.05, 0.1) is 18.4 Å². The molecular formula is C23H24ClNO3S. The highest BCUT2D eigenvalue weighted by atomic mass is 35.5. The zero-order valence-corrected chi connectivity index (χ0v) is 18.0. The molecule has 0 bridgehead atoms. The second-order valence-electron chi connectivity index (χ2n) is 6.91. The van der Waals surface area contributed by atoms with Crippen LogP contribution in [0.5, 0.6) is 0 Å². The standard InChI is InChI=1S/C23H24ClNO3S/c1-18-12-14-20(15-13-18)23(19-8-4-3-5-9-19,21-10-6-7-11-22(21)24)25-16-17-28-29(2,26)27/h3-15,25H,16-17H2,1-2H3. The number of halogens is 1. The van der Waals surface area contributed by atoms with E-state index in [1.165, 1.54) is 0 Å². The molecule has 1 atom stereocenters. The summed E-state index contributed by atoms with van der Waals surface area (Å²) in [6, 6.07) is 25.9. The summed E-state index contributed by atoms with van der Waals surface area (Å²) < 4.78 is 27.7. The number of hydrogen-bond donors (Lipinski definition) is 1. The number of aryl methyl sites for hydroxylation is 1. The van der Waals surface area contributed by atoms with Gasteiger partial charge < -0.3 is 0 Å². The van der Waals surface area contributed by atoms with Gasteiger partial charge >= 0.3 is 0 Å². The Morgan fingerprint density at radius 1 is 0.897 bits per heavy atom. The lowest BCUT2D eigenvalue weighted by Crippen LogP contribution is -2.46. The number of nitrogens with one attached hydrogen (secondary N) is 1. The maximum atomic E-state index is 11.4. The predicted octanol–water partition coefficient (Wildman–Crippen LogP) is 4.51. The first-order valence-corrected chi connectivity index (χ1v) is 11.5. The quantitative estimate of drug-likeness (QED) is 0.325. The highest BCUT2D eigenvalue weighted by Crippen LogP contribution is 2.40. The lowest BCUT2D eigenvalue weighted by molar-refractivity contribution is 0.302. The van der Waals surface area contributed by atoms with Crippen molar-refractivity contribution in [1.29, 1.82) is 0 Å². The van der Waals surface area contributed by atoms with Gasteiger partial charge in [0, 0.05) is 11.6 Å². The van der Waals surface area contributed by atoms with Crippen LogP contribution in [0.25, 0.3) is 0 Å². The molecule has 0 saturated heterocycles. The van der Waals surface area contributed by atoms with Gasteiger partial charge in [0.1, 0.15) is 0 Å². The van der Waals surface area contributed by atoms with E-state index in [1.54, 1.807) is 0 Å². The van der Waals surface area contributed by atoms with Crippen LogP contribution in [0.4, 0.5) is 0 Å². The third-order valence-corrected chi connectivity index (χ3v) is 5.68. The third-order valence-electron chi connectivity index (χ3n) is 4.76. The Bertz CT molecular complexity index is 1050. The number of hydrogen-bond acceptors (Lipinski definition) is 4. The monoisotopic (exact) mass is 429 g/mol. The van der Waals surface area contributed by atoms with Crippen LogP contribution in [-0.4, -0.2) is 27.8 Å². The van der Waals surface area contributed by atoms with Crippen molar-refractivity contribution >= 4 is 21.7 Å². The SMILES string of the molecule is Cc1ccc(C(NCCOS(C)(=O)=O)(c2ccccc2)c2ccccc2Cl)cc1. The maximum Gasteiger partial charge on any atom is 0.264 e. The van der Waals surface area contributed by atoms with Crippen LogP contribution in [0, 0.1) is 6.92 Å². The summed E-state index contributed by atoms with van der Waals surface area (Å²) in [7, 11) is -3.52. The van der Waals surface area contributed by atoms with Crippen molar-refractivity contribution in [1.82, 2.24) is 5.32 Å². The Kier molecular flexibility index (Phi) is 6.75. The minimum Gasteiger partial charge on any atom is -0.298 e. The van der Waals surface area contributed by atoms with E-state index < -0.39 is 15.7 Å². The van der Waals surface area contributed by atoms with Crippen molar-refractivity contribution in [2.24, 2.45) is 0 Å². The molecule has 1 unspecified atom stereocenters. The lowest BCUT2D eigenvalue weighted by atomic mass is 9.76. The zero-order valence-electron chi connectivity index (χ0n) is 16.4. The molecule has 0 amide bonds. The topological polar surface area (TPSA) is 55.4 Å². The highest BCUT2D eigenvalue weighted by Gasteiger charge is 2.37. The first kappa shape index (κ1) is 21.5. The van der Waals surface area contributed by atoms with Crippen molar-refractivity contribution in [3.8, 4) is 0 Å². The molecule has 0 aliphatic carbocycles. The van der Waals surface area contributed by atoms with E-state index in [0.29, 0.717) is 11.6 Å². The van der Waals surface area contributed by atoms with Crippen LogP contribution in [0.3, 0.4) is 0 Å². The van der Waals surface area contributed by atoms with Crippen molar-refractivity contribution in [3.05, 3.63) is 106 Å². The summed E-state index contributed by atoms with van der Waals surface area (Å²) in [6.07, 6.45) is 1.05. The van der Waals surface area contributed by atoms with Crippen LogP contribution in [0.2, 0.25) is 5.02 Å². The number of benzene rings is 3. The molecule has 1 N–H and O–H groups in total. The van der Waals surface area contributed by atoms with Gasteiger partial charge in [-0.15, -0.1) is 0 Å². The molecular weight excluding hydrogens is 406 g/mol. The van der Waals surface area contributed by atoms with Crippen molar-refractivity contribution in [2.45, 2.75) is 12.5 Å². The molecule has 0 aromatic heterocycles. The summed E-state index contributed by atoms with van der Waals surface area (Å²) in [5.74, 6) is 0. The third kappa shape index (κ3) is 5.06. The first-order chi connectivity index (χ1) is 13.8. The maximum absolute atomic E-state index is 11.4. The minimum absolute atomic E-state index is 0.0176.